The topological polar surface area (TPSA) is 84.2 Å². The molecule has 5 rings (SSSR count). The monoisotopic (exact) mass is 428 g/mol. The van der Waals surface area contributed by atoms with Gasteiger partial charge in [-0.05, 0) is 36.1 Å². The highest BCUT2D eigenvalue weighted by atomic mass is 32.1. The number of rotatable bonds is 4. The van der Waals surface area contributed by atoms with Crippen LogP contribution in [0.25, 0.3) is 5.00 Å². The number of thiophene rings is 1. The van der Waals surface area contributed by atoms with Crippen molar-refractivity contribution >= 4 is 28.8 Å². The highest BCUT2D eigenvalue weighted by Gasteiger charge is 2.24. The summed E-state index contributed by atoms with van der Waals surface area (Å²) in [6.45, 7) is 2.66. The van der Waals surface area contributed by atoms with E-state index in [1.165, 1.54) is 0 Å². The SMILES string of the molecule is Cc1cccc(NC(=O)NCc2nnc3n2-c2sccc2C(c2ccccc2)=NC3)c1. The van der Waals surface area contributed by atoms with Gasteiger partial charge in [0.2, 0.25) is 0 Å². The zero-order valence-corrected chi connectivity index (χ0v) is 17.7. The predicted octanol–water partition coefficient (Wildman–Crippen LogP) is 4.31. The van der Waals surface area contributed by atoms with Crippen LogP contribution in [0.2, 0.25) is 0 Å². The summed E-state index contributed by atoms with van der Waals surface area (Å²) in [5.41, 5.74) is 4.88. The number of urea groups is 1. The van der Waals surface area contributed by atoms with Crippen LogP contribution in [0.3, 0.4) is 0 Å². The van der Waals surface area contributed by atoms with E-state index in [9.17, 15) is 4.79 Å². The van der Waals surface area contributed by atoms with E-state index < -0.39 is 0 Å². The lowest BCUT2D eigenvalue weighted by Crippen LogP contribution is -2.29. The molecule has 2 aromatic carbocycles. The van der Waals surface area contributed by atoms with Crippen molar-refractivity contribution in [3.63, 3.8) is 0 Å². The molecule has 1 aliphatic heterocycles. The first-order valence-corrected chi connectivity index (χ1v) is 10.8. The van der Waals surface area contributed by atoms with Crippen LogP contribution in [0.1, 0.15) is 28.3 Å². The van der Waals surface area contributed by atoms with Gasteiger partial charge in [-0.2, -0.15) is 0 Å². The van der Waals surface area contributed by atoms with Crippen LogP contribution in [0.15, 0.2) is 71.0 Å². The van der Waals surface area contributed by atoms with Crippen molar-refractivity contribution in [2.75, 3.05) is 5.32 Å². The molecule has 0 saturated carbocycles. The zero-order valence-electron chi connectivity index (χ0n) is 16.9. The van der Waals surface area contributed by atoms with E-state index in [2.05, 4.69) is 39.0 Å². The summed E-state index contributed by atoms with van der Waals surface area (Å²) in [6, 6.07) is 19.6. The van der Waals surface area contributed by atoms with Crippen molar-refractivity contribution in [2.45, 2.75) is 20.0 Å². The number of aromatic nitrogens is 3. The van der Waals surface area contributed by atoms with Crippen molar-refractivity contribution < 1.29 is 4.79 Å². The Bertz CT molecular complexity index is 1270. The molecule has 8 heteroatoms. The standard InChI is InChI=1S/C23H20N6OS/c1-15-6-5-9-17(12-15)26-23(30)25-14-20-28-27-19-13-24-21(16-7-3-2-4-8-16)18-10-11-31-22(18)29(19)20/h2-12H,13-14H2,1H3,(H2,25,26,30). The molecule has 7 nitrogen and oxygen atoms in total. The molecular formula is C23H20N6OS. The molecule has 4 aromatic rings. The highest BCUT2D eigenvalue weighted by Crippen LogP contribution is 2.30. The Kier molecular flexibility index (Phi) is 5.05. The van der Waals surface area contributed by atoms with Crippen LogP contribution in [0.5, 0.6) is 0 Å². The Labute approximate surface area is 183 Å². The third-order valence-electron chi connectivity index (χ3n) is 5.01. The summed E-state index contributed by atoms with van der Waals surface area (Å²) >= 11 is 1.61. The first-order valence-electron chi connectivity index (χ1n) is 9.92. The van der Waals surface area contributed by atoms with Gasteiger partial charge in [0.05, 0.1) is 12.3 Å². The number of aliphatic imine (C=N–C) groups is 1. The molecule has 0 fully saturated rings. The molecule has 3 heterocycles. The number of aryl methyl sites for hydroxylation is 1. The number of fused-ring (bicyclic) bond motifs is 3. The molecule has 154 valence electrons. The minimum atomic E-state index is -0.288. The molecule has 0 unspecified atom stereocenters. The largest absolute Gasteiger partial charge is 0.331 e. The van der Waals surface area contributed by atoms with E-state index in [0.29, 0.717) is 12.4 Å². The van der Waals surface area contributed by atoms with Crippen molar-refractivity contribution in [3.8, 4) is 5.00 Å². The van der Waals surface area contributed by atoms with Crippen molar-refractivity contribution in [3.05, 3.63) is 94.4 Å². The Morgan fingerprint density at radius 2 is 1.97 bits per heavy atom. The smallest absolute Gasteiger partial charge is 0.319 e. The fraction of sp³-hybridized carbons (Fsp3) is 0.130. The number of benzene rings is 2. The molecule has 2 aromatic heterocycles. The minimum Gasteiger partial charge on any atom is -0.331 e. The van der Waals surface area contributed by atoms with E-state index in [4.69, 9.17) is 4.99 Å². The Morgan fingerprint density at radius 3 is 2.81 bits per heavy atom. The van der Waals surface area contributed by atoms with Crippen molar-refractivity contribution in [1.29, 1.82) is 0 Å². The van der Waals surface area contributed by atoms with Gasteiger partial charge in [0.15, 0.2) is 11.6 Å². The van der Waals surface area contributed by atoms with Gasteiger partial charge in [-0.3, -0.25) is 9.56 Å². The quantitative estimate of drug-likeness (QED) is 0.508. The summed E-state index contributed by atoms with van der Waals surface area (Å²) < 4.78 is 2.01. The summed E-state index contributed by atoms with van der Waals surface area (Å²) in [5.74, 6) is 1.42. The Hall–Kier alpha value is -3.78. The first-order chi connectivity index (χ1) is 15.2. The van der Waals surface area contributed by atoms with E-state index in [1.54, 1.807) is 11.3 Å². The Balaban J connectivity index is 1.38. The van der Waals surface area contributed by atoms with Crippen LogP contribution in [0.4, 0.5) is 10.5 Å². The number of amides is 2. The average molecular weight is 429 g/mol. The third kappa shape index (κ3) is 3.85. The van der Waals surface area contributed by atoms with Gasteiger partial charge in [0, 0.05) is 16.8 Å². The molecule has 0 radical (unpaired) electrons. The normalized spacial score (nSPS) is 12.4. The van der Waals surface area contributed by atoms with Gasteiger partial charge < -0.3 is 10.6 Å². The van der Waals surface area contributed by atoms with Crippen LogP contribution in [-0.2, 0) is 13.1 Å². The molecule has 2 N–H and O–H groups in total. The fourth-order valence-corrected chi connectivity index (χ4v) is 4.54. The lowest BCUT2D eigenvalue weighted by atomic mass is 10.0. The molecule has 0 spiro atoms. The lowest BCUT2D eigenvalue weighted by Gasteiger charge is -2.11. The molecule has 1 aliphatic rings. The minimum absolute atomic E-state index is 0.253. The molecule has 31 heavy (non-hydrogen) atoms. The summed E-state index contributed by atoms with van der Waals surface area (Å²) in [7, 11) is 0. The molecule has 2 amide bonds. The van der Waals surface area contributed by atoms with Gasteiger partial charge >= 0.3 is 6.03 Å². The summed E-state index contributed by atoms with van der Waals surface area (Å²) in [5, 5.41) is 17.4. The number of hydrogen-bond acceptors (Lipinski definition) is 5. The number of carbonyl (C=O) groups excluding carboxylic acids is 1. The van der Waals surface area contributed by atoms with Crippen LogP contribution in [0, 0.1) is 6.92 Å². The predicted molar refractivity (Wildman–Crippen MR) is 122 cm³/mol. The first kappa shape index (κ1) is 19.2. The maximum absolute atomic E-state index is 12.4. The Morgan fingerprint density at radius 1 is 1.10 bits per heavy atom. The van der Waals surface area contributed by atoms with Crippen LogP contribution >= 0.6 is 11.3 Å². The van der Waals surface area contributed by atoms with Gasteiger partial charge in [-0.1, -0.05) is 42.5 Å². The van der Waals surface area contributed by atoms with E-state index in [1.807, 2.05) is 59.3 Å². The average Bonchev–Trinajstić information content (AvgIpc) is 3.37. The van der Waals surface area contributed by atoms with E-state index in [0.717, 1.165) is 38.9 Å². The molecule has 0 aliphatic carbocycles. The molecular weight excluding hydrogens is 408 g/mol. The van der Waals surface area contributed by atoms with Crippen LogP contribution < -0.4 is 10.6 Å². The second-order valence-electron chi connectivity index (χ2n) is 7.22. The number of carbonyl (C=O) groups is 1. The summed E-state index contributed by atoms with van der Waals surface area (Å²) in [6.07, 6.45) is 0. The second-order valence-corrected chi connectivity index (χ2v) is 8.11. The third-order valence-corrected chi connectivity index (χ3v) is 5.91. The zero-order chi connectivity index (χ0) is 21.2. The van der Waals surface area contributed by atoms with Gasteiger partial charge in [-0.15, -0.1) is 21.5 Å². The van der Waals surface area contributed by atoms with Crippen molar-refractivity contribution in [1.82, 2.24) is 20.1 Å². The van der Waals surface area contributed by atoms with Gasteiger partial charge in [-0.25, -0.2) is 4.79 Å². The van der Waals surface area contributed by atoms with Gasteiger partial charge in [0.25, 0.3) is 0 Å². The summed E-state index contributed by atoms with van der Waals surface area (Å²) in [4.78, 5) is 17.2. The maximum Gasteiger partial charge on any atom is 0.319 e. The lowest BCUT2D eigenvalue weighted by molar-refractivity contribution is 0.251. The van der Waals surface area contributed by atoms with Gasteiger partial charge in [0.1, 0.15) is 11.5 Å². The number of hydrogen-bond donors (Lipinski definition) is 2. The molecule has 0 bridgehead atoms. The second kappa shape index (κ2) is 8.16. The van der Waals surface area contributed by atoms with Crippen LogP contribution in [-0.4, -0.2) is 26.5 Å². The number of nitrogens with one attached hydrogen (secondary N) is 2. The van der Waals surface area contributed by atoms with Crippen molar-refractivity contribution in [2.24, 2.45) is 4.99 Å². The maximum atomic E-state index is 12.4. The van der Waals surface area contributed by atoms with E-state index >= 15 is 0 Å². The molecule has 0 saturated heterocycles. The number of anilines is 1. The van der Waals surface area contributed by atoms with E-state index in [-0.39, 0.29) is 12.6 Å². The number of nitrogens with zero attached hydrogens (tertiary/aromatic N) is 4. The fourth-order valence-electron chi connectivity index (χ4n) is 3.59. The molecule has 0 atom stereocenters. The highest BCUT2D eigenvalue weighted by molar-refractivity contribution is 7.13.